The molecule has 0 amide bonds. The third kappa shape index (κ3) is 5.00. The van der Waals surface area contributed by atoms with Gasteiger partial charge in [0.15, 0.2) is 5.12 Å². The van der Waals surface area contributed by atoms with Gasteiger partial charge in [0.2, 0.25) is 0 Å². The number of hydrogen-bond acceptors (Lipinski definition) is 2. The Hall–Kier alpha value is -0.800. The van der Waals surface area contributed by atoms with E-state index in [2.05, 4.69) is 0 Å². The highest BCUT2D eigenvalue weighted by atomic mass is 35.5. The molecule has 0 aliphatic carbocycles. The maximum atomic E-state index is 12.9. The molecule has 1 aromatic carbocycles. The van der Waals surface area contributed by atoms with Crippen molar-refractivity contribution in [3.63, 3.8) is 0 Å². The Morgan fingerprint density at radius 2 is 2.27 bits per heavy atom. The molecule has 0 radical (unpaired) electrons. The molecule has 15 heavy (non-hydrogen) atoms. The standard InChI is InChI=1S/C11H10ClFOS/c1-8(14)15-4-2-3-9-5-10(12)7-11(13)6-9/h2-3,5-7H,4H2,1H3. The van der Waals surface area contributed by atoms with Gasteiger partial charge in [0.05, 0.1) is 0 Å². The molecule has 1 nitrogen and oxygen atoms in total. The summed E-state index contributed by atoms with van der Waals surface area (Å²) in [5, 5.41) is 0.436. The van der Waals surface area contributed by atoms with E-state index in [1.54, 1.807) is 18.2 Å². The average Bonchev–Trinajstić information content (AvgIpc) is 2.10. The summed E-state index contributed by atoms with van der Waals surface area (Å²) in [4.78, 5) is 10.6. The fourth-order valence-corrected chi connectivity index (χ4v) is 1.68. The van der Waals surface area contributed by atoms with E-state index in [1.807, 2.05) is 0 Å². The quantitative estimate of drug-likeness (QED) is 0.805. The highest BCUT2D eigenvalue weighted by Gasteiger charge is 1.96. The van der Waals surface area contributed by atoms with E-state index in [4.69, 9.17) is 11.6 Å². The predicted octanol–water partition coefficient (Wildman–Crippen LogP) is 3.77. The van der Waals surface area contributed by atoms with Crippen molar-refractivity contribution in [2.75, 3.05) is 5.75 Å². The molecule has 4 heteroatoms. The lowest BCUT2D eigenvalue weighted by Crippen LogP contribution is -1.82. The van der Waals surface area contributed by atoms with E-state index in [1.165, 1.54) is 30.8 Å². The average molecular weight is 245 g/mol. The number of halogens is 2. The topological polar surface area (TPSA) is 17.1 Å². The minimum atomic E-state index is -0.360. The van der Waals surface area contributed by atoms with Crippen LogP contribution in [0, 0.1) is 5.82 Å². The first kappa shape index (κ1) is 12.3. The van der Waals surface area contributed by atoms with Gasteiger partial charge in [0, 0.05) is 17.7 Å². The molecule has 1 aromatic rings. The van der Waals surface area contributed by atoms with Crippen LogP contribution in [0.1, 0.15) is 12.5 Å². The van der Waals surface area contributed by atoms with Crippen LogP contribution in [-0.2, 0) is 4.79 Å². The van der Waals surface area contributed by atoms with Crippen LogP contribution in [0.3, 0.4) is 0 Å². The zero-order valence-electron chi connectivity index (χ0n) is 8.17. The van der Waals surface area contributed by atoms with E-state index in [9.17, 15) is 9.18 Å². The molecular formula is C11H10ClFOS. The second-order valence-electron chi connectivity index (χ2n) is 2.91. The van der Waals surface area contributed by atoms with Gasteiger partial charge in [-0.05, 0) is 23.8 Å². The van der Waals surface area contributed by atoms with Crippen molar-refractivity contribution in [3.05, 3.63) is 40.7 Å². The van der Waals surface area contributed by atoms with Crippen molar-refractivity contribution in [2.45, 2.75) is 6.92 Å². The van der Waals surface area contributed by atoms with Crippen LogP contribution >= 0.6 is 23.4 Å². The minimum absolute atomic E-state index is 0.0666. The summed E-state index contributed by atoms with van der Waals surface area (Å²) in [5.41, 5.74) is 0.698. The number of rotatable bonds is 3. The van der Waals surface area contributed by atoms with Crippen LogP contribution in [0.4, 0.5) is 4.39 Å². The van der Waals surface area contributed by atoms with E-state index < -0.39 is 0 Å². The molecule has 0 spiro atoms. The first-order valence-corrected chi connectivity index (χ1v) is 5.70. The molecule has 80 valence electrons. The fraction of sp³-hybridized carbons (Fsp3) is 0.182. The van der Waals surface area contributed by atoms with Crippen molar-refractivity contribution >= 4 is 34.6 Å². The van der Waals surface area contributed by atoms with E-state index in [-0.39, 0.29) is 10.9 Å². The second kappa shape index (κ2) is 5.93. The fourth-order valence-electron chi connectivity index (χ4n) is 1.02. The van der Waals surface area contributed by atoms with Crippen molar-refractivity contribution < 1.29 is 9.18 Å². The summed E-state index contributed by atoms with van der Waals surface area (Å²) in [6, 6.07) is 4.31. The number of carbonyl (C=O) groups is 1. The highest BCUT2D eigenvalue weighted by Crippen LogP contribution is 2.15. The summed E-state index contributed by atoms with van der Waals surface area (Å²) in [6.07, 6.45) is 3.54. The van der Waals surface area contributed by atoms with Gasteiger partial charge in [-0.15, -0.1) is 0 Å². The Labute approximate surface area is 97.3 Å². The summed E-state index contributed by atoms with van der Waals surface area (Å²) < 4.78 is 12.9. The minimum Gasteiger partial charge on any atom is -0.288 e. The molecule has 0 atom stereocenters. The third-order valence-corrected chi connectivity index (χ3v) is 2.56. The van der Waals surface area contributed by atoms with Crippen molar-refractivity contribution in [1.29, 1.82) is 0 Å². The second-order valence-corrected chi connectivity index (χ2v) is 4.54. The van der Waals surface area contributed by atoms with Gasteiger partial charge < -0.3 is 0 Å². The lowest BCUT2D eigenvalue weighted by molar-refractivity contribution is -0.109. The van der Waals surface area contributed by atoms with Gasteiger partial charge in [-0.25, -0.2) is 4.39 Å². The van der Waals surface area contributed by atoms with Gasteiger partial charge in [0.25, 0.3) is 0 Å². The van der Waals surface area contributed by atoms with Gasteiger partial charge in [0.1, 0.15) is 5.82 Å². The molecule has 0 heterocycles. The normalized spacial score (nSPS) is 10.9. The largest absolute Gasteiger partial charge is 0.288 e. The Morgan fingerprint density at radius 1 is 1.53 bits per heavy atom. The molecule has 1 rings (SSSR count). The van der Waals surface area contributed by atoms with Gasteiger partial charge in [-0.3, -0.25) is 4.79 Å². The summed E-state index contributed by atoms with van der Waals surface area (Å²) in [5.74, 6) is 0.227. The number of hydrogen-bond donors (Lipinski definition) is 0. The van der Waals surface area contributed by atoms with Crippen LogP contribution in [0.25, 0.3) is 6.08 Å². The molecule has 0 aliphatic rings. The van der Waals surface area contributed by atoms with Crippen LogP contribution in [0.5, 0.6) is 0 Å². The SMILES string of the molecule is CC(=O)SCC=Cc1cc(F)cc(Cl)c1. The molecule has 0 N–H and O–H groups in total. The van der Waals surface area contributed by atoms with Crippen molar-refractivity contribution in [3.8, 4) is 0 Å². The smallest absolute Gasteiger partial charge is 0.186 e. The number of benzene rings is 1. The number of carbonyl (C=O) groups excluding carboxylic acids is 1. The van der Waals surface area contributed by atoms with Crippen LogP contribution in [-0.4, -0.2) is 10.9 Å². The number of thioether (sulfide) groups is 1. The highest BCUT2D eigenvalue weighted by molar-refractivity contribution is 8.13. The summed E-state index contributed by atoms with van der Waals surface area (Å²) >= 11 is 6.89. The molecule has 0 saturated carbocycles. The van der Waals surface area contributed by atoms with Gasteiger partial charge in [-0.2, -0.15) is 0 Å². The van der Waals surface area contributed by atoms with Crippen LogP contribution in [0.2, 0.25) is 5.02 Å². The maximum Gasteiger partial charge on any atom is 0.186 e. The Balaban J connectivity index is 2.60. The molecule has 0 unspecified atom stereocenters. The lowest BCUT2D eigenvalue weighted by atomic mass is 10.2. The van der Waals surface area contributed by atoms with Crippen LogP contribution in [0.15, 0.2) is 24.3 Å². The Kier molecular flexibility index (Phi) is 4.85. The van der Waals surface area contributed by atoms with E-state index in [0.29, 0.717) is 16.3 Å². The lowest BCUT2D eigenvalue weighted by Gasteiger charge is -1.96. The summed E-state index contributed by atoms with van der Waals surface area (Å²) in [6.45, 7) is 1.51. The maximum absolute atomic E-state index is 12.9. The molecule has 0 saturated heterocycles. The molecule has 0 fully saturated rings. The third-order valence-electron chi connectivity index (χ3n) is 1.58. The molecule has 0 aromatic heterocycles. The monoisotopic (exact) mass is 244 g/mol. The van der Waals surface area contributed by atoms with E-state index >= 15 is 0 Å². The first-order valence-electron chi connectivity index (χ1n) is 4.34. The first-order chi connectivity index (χ1) is 7.08. The molecular weight excluding hydrogens is 235 g/mol. The van der Waals surface area contributed by atoms with Crippen molar-refractivity contribution in [1.82, 2.24) is 0 Å². The predicted molar refractivity (Wildman–Crippen MR) is 63.6 cm³/mol. The Bertz CT molecular complexity index is 370. The zero-order valence-corrected chi connectivity index (χ0v) is 9.74. The summed E-state index contributed by atoms with van der Waals surface area (Å²) in [7, 11) is 0. The zero-order chi connectivity index (χ0) is 11.3. The van der Waals surface area contributed by atoms with Gasteiger partial charge >= 0.3 is 0 Å². The molecule has 0 bridgehead atoms. The van der Waals surface area contributed by atoms with E-state index in [0.717, 1.165) is 0 Å². The van der Waals surface area contributed by atoms with Crippen LogP contribution < -0.4 is 0 Å². The van der Waals surface area contributed by atoms with Crippen molar-refractivity contribution in [2.24, 2.45) is 0 Å². The van der Waals surface area contributed by atoms with Gasteiger partial charge in [-0.1, -0.05) is 35.5 Å². The molecule has 0 aliphatic heterocycles. The Morgan fingerprint density at radius 3 is 2.87 bits per heavy atom.